The van der Waals surface area contributed by atoms with Gasteiger partial charge in [-0.3, -0.25) is 4.79 Å². The molecule has 1 aromatic heterocycles. The van der Waals surface area contributed by atoms with Gasteiger partial charge in [-0.1, -0.05) is 12.1 Å². The van der Waals surface area contributed by atoms with Gasteiger partial charge in [0.05, 0.1) is 6.21 Å². The molecular weight excluding hydrogens is 447 g/mol. The van der Waals surface area contributed by atoms with E-state index >= 15 is 0 Å². The van der Waals surface area contributed by atoms with Crippen LogP contribution in [0.5, 0.6) is 11.5 Å². The Kier molecular flexibility index (Phi) is 4.61. The van der Waals surface area contributed by atoms with Crippen LogP contribution in [-0.4, -0.2) is 18.9 Å². The number of furan rings is 1. The third-order valence-electron chi connectivity index (χ3n) is 3.75. The zero-order valence-electron chi connectivity index (χ0n) is 13.4. The molecule has 1 N–H and O–H groups in total. The zero-order chi connectivity index (χ0) is 17.9. The average molecular weight is 460 g/mol. The quantitative estimate of drug-likeness (QED) is 0.363. The van der Waals surface area contributed by atoms with E-state index in [-0.39, 0.29) is 12.7 Å². The third-order valence-corrected chi connectivity index (χ3v) is 4.47. The van der Waals surface area contributed by atoms with Gasteiger partial charge in [0, 0.05) is 14.7 Å². The molecule has 2 aromatic carbocycles. The average Bonchev–Trinajstić information content (AvgIpc) is 3.31. The van der Waals surface area contributed by atoms with Crippen LogP contribution in [0.15, 0.2) is 64.1 Å². The Balaban J connectivity index is 1.41. The third kappa shape index (κ3) is 3.57. The second-order valence-corrected chi connectivity index (χ2v) is 6.72. The van der Waals surface area contributed by atoms with Crippen molar-refractivity contribution in [1.82, 2.24) is 5.43 Å². The molecule has 0 spiro atoms. The predicted octanol–water partition coefficient (Wildman–Crippen LogP) is 4.04. The molecule has 130 valence electrons. The number of rotatable bonds is 4. The van der Waals surface area contributed by atoms with E-state index in [0.717, 1.165) is 14.9 Å². The molecule has 6 nitrogen and oxygen atoms in total. The predicted molar refractivity (Wildman–Crippen MR) is 104 cm³/mol. The number of ether oxygens (including phenoxy) is 2. The van der Waals surface area contributed by atoms with Crippen LogP contribution in [0.3, 0.4) is 0 Å². The van der Waals surface area contributed by atoms with Gasteiger partial charge in [-0.15, -0.1) is 0 Å². The molecule has 1 aliphatic heterocycles. The molecule has 26 heavy (non-hydrogen) atoms. The van der Waals surface area contributed by atoms with E-state index in [9.17, 15) is 4.79 Å². The lowest BCUT2D eigenvalue weighted by Gasteiger charge is -2.01. The Bertz CT molecular complexity index is 979. The van der Waals surface area contributed by atoms with E-state index in [1.165, 1.54) is 6.21 Å². The first-order chi connectivity index (χ1) is 12.7. The molecule has 0 fully saturated rings. The van der Waals surface area contributed by atoms with Crippen LogP contribution in [0.4, 0.5) is 0 Å². The fraction of sp³-hybridized carbons (Fsp3) is 0.0526. The van der Waals surface area contributed by atoms with Crippen LogP contribution < -0.4 is 14.9 Å². The van der Waals surface area contributed by atoms with Gasteiger partial charge in [0.1, 0.15) is 11.5 Å². The lowest BCUT2D eigenvalue weighted by atomic mass is 10.2. The molecule has 4 rings (SSSR count). The monoisotopic (exact) mass is 460 g/mol. The SMILES string of the molecule is O=C(NN=Cc1ccc(-c2ccc(I)cc2)o1)c1ccc2c(c1)OCO2. The van der Waals surface area contributed by atoms with Crippen LogP contribution in [0.1, 0.15) is 16.1 Å². The molecule has 1 aliphatic rings. The van der Waals surface area contributed by atoms with Crippen LogP contribution in [-0.2, 0) is 0 Å². The molecule has 0 atom stereocenters. The molecule has 0 bridgehead atoms. The van der Waals surface area contributed by atoms with E-state index in [4.69, 9.17) is 13.9 Å². The first-order valence-electron chi connectivity index (χ1n) is 7.78. The molecule has 2 heterocycles. The maximum absolute atomic E-state index is 12.1. The van der Waals surface area contributed by atoms with E-state index in [0.29, 0.717) is 22.8 Å². The summed E-state index contributed by atoms with van der Waals surface area (Å²) in [5.74, 6) is 2.12. The van der Waals surface area contributed by atoms with E-state index < -0.39 is 0 Å². The summed E-state index contributed by atoms with van der Waals surface area (Å²) >= 11 is 2.25. The number of hydrazone groups is 1. The first-order valence-corrected chi connectivity index (χ1v) is 8.86. The highest BCUT2D eigenvalue weighted by Gasteiger charge is 2.15. The second kappa shape index (κ2) is 7.20. The summed E-state index contributed by atoms with van der Waals surface area (Å²) in [5.41, 5.74) is 3.88. The number of carbonyl (C=O) groups excluding carboxylic acids is 1. The van der Waals surface area contributed by atoms with Crippen LogP contribution in [0.25, 0.3) is 11.3 Å². The fourth-order valence-electron chi connectivity index (χ4n) is 2.45. The van der Waals surface area contributed by atoms with Crippen LogP contribution in [0.2, 0.25) is 0 Å². The summed E-state index contributed by atoms with van der Waals surface area (Å²) in [4.78, 5) is 12.1. The summed E-state index contributed by atoms with van der Waals surface area (Å²) in [6.45, 7) is 0.167. The zero-order valence-corrected chi connectivity index (χ0v) is 15.6. The van der Waals surface area contributed by atoms with Gasteiger partial charge >= 0.3 is 0 Å². The van der Waals surface area contributed by atoms with Gasteiger partial charge in [-0.2, -0.15) is 5.10 Å². The van der Waals surface area contributed by atoms with Crippen LogP contribution in [0, 0.1) is 3.57 Å². The maximum Gasteiger partial charge on any atom is 0.271 e. The number of hydrogen-bond acceptors (Lipinski definition) is 5. The van der Waals surface area contributed by atoms with Crippen molar-refractivity contribution in [1.29, 1.82) is 0 Å². The fourth-order valence-corrected chi connectivity index (χ4v) is 2.81. The number of nitrogens with one attached hydrogen (secondary N) is 1. The Morgan fingerprint density at radius 1 is 1.04 bits per heavy atom. The normalized spacial score (nSPS) is 12.5. The summed E-state index contributed by atoms with van der Waals surface area (Å²) in [6, 6.07) is 16.6. The number of hydrogen-bond donors (Lipinski definition) is 1. The first kappa shape index (κ1) is 16.6. The van der Waals surface area contributed by atoms with Gasteiger partial charge in [0.25, 0.3) is 5.91 Å². The summed E-state index contributed by atoms with van der Waals surface area (Å²) in [7, 11) is 0. The van der Waals surface area contributed by atoms with Crippen molar-refractivity contribution in [3.63, 3.8) is 0 Å². The van der Waals surface area contributed by atoms with Gasteiger partial charge in [0.15, 0.2) is 11.5 Å². The maximum atomic E-state index is 12.1. The molecule has 7 heteroatoms. The van der Waals surface area contributed by atoms with Crippen molar-refractivity contribution in [2.75, 3.05) is 6.79 Å². The molecule has 0 saturated heterocycles. The number of fused-ring (bicyclic) bond motifs is 1. The minimum atomic E-state index is -0.344. The molecular formula is C19H13IN2O4. The highest BCUT2D eigenvalue weighted by molar-refractivity contribution is 14.1. The van der Waals surface area contributed by atoms with E-state index in [1.54, 1.807) is 24.3 Å². The molecule has 1 amide bonds. The van der Waals surface area contributed by atoms with Crippen LogP contribution >= 0.6 is 22.6 Å². The highest BCUT2D eigenvalue weighted by atomic mass is 127. The van der Waals surface area contributed by atoms with Crippen molar-refractivity contribution in [2.45, 2.75) is 0 Å². The summed E-state index contributed by atoms with van der Waals surface area (Å²) in [6.07, 6.45) is 1.46. The number of nitrogens with zero attached hydrogens (tertiary/aromatic N) is 1. The van der Waals surface area contributed by atoms with Gasteiger partial charge in [-0.05, 0) is 65.1 Å². The van der Waals surface area contributed by atoms with Gasteiger partial charge < -0.3 is 13.9 Å². The van der Waals surface area contributed by atoms with Crippen molar-refractivity contribution in [3.8, 4) is 22.8 Å². The van der Waals surface area contributed by atoms with E-state index in [2.05, 4.69) is 33.1 Å². The van der Waals surface area contributed by atoms with E-state index in [1.807, 2.05) is 30.3 Å². The van der Waals surface area contributed by atoms with Crippen molar-refractivity contribution in [2.24, 2.45) is 5.10 Å². The second-order valence-electron chi connectivity index (χ2n) is 5.48. The summed E-state index contributed by atoms with van der Waals surface area (Å²) in [5, 5.41) is 3.94. The highest BCUT2D eigenvalue weighted by Crippen LogP contribution is 2.32. The molecule has 3 aromatic rings. The Hall–Kier alpha value is -2.81. The number of benzene rings is 2. The lowest BCUT2D eigenvalue weighted by Crippen LogP contribution is -2.17. The Morgan fingerprint density at radius 2 is 1.85 bits per heavy atom. The molecule has 0 saturated carbocycles. The lowest BCUT2D eigenvalue weighted by molar-refractivity contribution is 0.0954. The Morgan fingerprint density at radius 3 is 2.69 bits per heavy atom. The molecule has 0 radical (unpaired) electrons. The standard InChI is InChI=1S/C19H13IN2O4/c20-14-4-1-12(2-5-14)16-8-6-15(26-16)10-21-22-19(23)13-3-7-17-18(9-13)25-11-24-17/h1-10H,11H2,(H,22,23). The number of halogens is 1. The largest absolute Gasteiger partial charge is 0.455 e. The topological polar surface area (TPSA) is 73.1 Å². The molecule has 0 aliphatic carbocycles. The Labute approximate surface area is 162 Å². The number of carbonyl (C=O) groups is 1. The minimum Gasteiger partial charge on any atom is -0.455 e. The van der Waals surface area contributed by atoms with Crippen molar-refractivity contribution >= 4 is 34.7 Å². The minimum absolute atomic E-state index is 0.167. The number of amides is 1. The van der Waals surface area contributed by atoms with Crippen molar-refractivity contribution < 1.29 is 18.7 Å². The van der Waals surface area contributed by atoms with Crippen molar-refractivity contribution in [3.05, 3.63) is 69.5 Å². The van der Waals surface area contributed by atoms with Gasteiger partial charge in [0.2, 0.25) is 6.79 Å². The van der Waals surface area contributed by atoms with Gasteiger partial charge in [-0.25, -0.2) is 5.43 Å². The molecule has 0 unspecified atom stereocenters. The summed E-state index contributed by atoms with van der Waals surface area (Å²) < 4.78 is 17.4. The smallest absolute Gasteiger partial charge is 0.271 e.